The second kappa shape index (κ2) is 5.50. The maximum atomic E-state index is 12.4. The van der Waals surface area contributed by atoms with Gasteiger partial charge in [-0.05, 0) is 45.1 Å². The molecule has 0 radical (unpaired) electrons. The summed E-state index contributed by atoms with van der Waals surface area (Å²) < 4.78 is 34.3. The zero-order chi connectivity index (χ0) is 15.0. The molecule has 20 heavy (non-hydrogen) atoms. The van der Waals surface area contributed by atoms with E-state index in [4.69, 9.17) is 10.5 Å². The van der Waals surface area contributed by atoms with Crippen LogP contribution in [0.4, 0.5) is 10.8 Å². The average Bonchev–Trinajstić information content (AvgIpc) is 3.11. The molecule has 0 aromatic carbocycles. The molecule has 1 fully saturated rings. The summed E-state index contributed by atoms with van der Waals surface area (Å²) in [6.45, 7) is 6.92. The molecule has 8 heteroatoms. The van der Waals surface area contributed by atoms with Crippen molar-refractivity contribution in [2.45, 2.75) is 49.4 Å². The summed E-state index contributed by atoms with van der Waals surface area (Å²) in [6, 6.07) is 0. The van der Waals surface area contributed by atoms with E-state index >= 15 is 0 Å². The minimum atomic E-state index is -3.34. The number of sulfone groups is 1. The summed E-state index contributed by atoms with van der Waals surface area (Å²) in [5.41, 5.74) is 5.36. The van der Waals surface area contributed by atoms with E-state index in [0.29, 0.717) is 31.0 Å². The number of nitrogens with two attached hydrogens (primary N) is 1. The average molecular weight is 319 g/mol. The first-order valence-corrected chi connectivity index (χ1v) is 8.97. The Labute approximate surface area is 123 Å². The SMILES string of the molecule is CCOC(C)(C)CNc1snc(N)c1S(=O)(=O)C1CC1. The van der Waals surface area contributed by atoms with Gasteiger partial charge >= 0.3 is 0 Å². The van der Waals surface area contributed by atoms with Crippen LogP contribution in [0.1, 0.15) is 33.6 Å². The van der Waals surface area contributed by atoms with Crippen LogP contribution in [-0.2, 0) is 14.6 Å². The van der Waals surface area contributed by atoms with Gasteiger partial charge in [-0.1, -0.05) is 0 Å². The highest BCUT2D eigenvalue weighted by molar-refractivity contribution is 7.92. The highest BCUT2D eigenvalue weighted by Crippen LogP contribution is 2.41. The molecule has 1 aliphatic carbocycles. The number of ether oxygens (including phenoxy) is 1. The van der Waals surface area contributed by atoms with E-state index in [2.05, 4.69) is 9.69 Å². The van der Waals surface area contributed by atoms with Crippen molar-refractivity contribution >= 4 is 32.2 Å². The maximum absolute atomic E-state index is 12.4. The number of hydrogen-bond acceptors (Lipinski definition) is 7. The predicted octanol–water partition coefficient (Wildman–Crippen LogP) is 1.89. The molecule has 1 aliphatic rings. The highest BCUT2D eigenvalue weighted by atomic mass is 32.2. The van der Waals surface area contributed by atoms with Crippen LogP contribution in [0.15, 0.2) is 4.90 Å². The number of nitrogen functional groups attached to an aromatic ring is 1. The van der Waals surface area contributed by atoms with Gasteiger partial charge in [0, 0.05) is 13.2 Å². The standard InChI is InChI=1S/C12H21N3O3S2/c1-4-18-12(2,3)7-14-11-9(10(13)15-19-11)20(16,17)8-5-6-8/h8,14H,4-7H2,1-3H3,(H2,13,15). The minimum Gasteiger partial charge on any atom is -0.382 e. The van der Waals surface area contributed by atoms with E-state index in [0.717, 1.165) is 11.5 Å². The summed E-state index contributed by atoms with van der Waals surface area (Å²) in [7, 11) is -3.34. The smallest absolute Gasteiger partial charge is 0.187 e. The third-order valence-electron chi connectivity index (χ3n) is 3.13. The second-order valence-electron chi connectivity index (χ2n) is 5.52. The Morgan fingerprint density at radius 2 is 2.15 bits per heavy atom. The fourth-order valence-electron chi connectivity index (χ4n) is 1.96. The number of anilines is 2. The van der Waals surface area contributed by atoms with Gasteiger partial charge in [-0.3, -0.25) is 0 Å². The number of rotatable bonds is 7. The van der Waals surface area contributed by atoms with Crippen LogP contribution < -0.4 is 11.1 Å². The van der Waals surface area contributed by atoms with Crippen molar-refractivity contribution in [1.29, 1.82) is 0 Å². The van der Waals surface area contributed by atoms with Gasteiger partial charge in [0.15, 0.2) is 15.7 Å². The molecule has 1 saturated carbocycles. The van der Waals surface area contributed by atoms with Crippen molar-refractivity contribution in [2.75, 3.05) is 24.2 Å². The maximum Gasteiger partial charge on any atom is 0.187 e. The van der Waals surface area contributed by atoms with Crippen LogP contribution in [-0.4, -0.2) is 36.8 Å². The number of hydrogen-bond donors (Lipinski definition) is 2. The molecule has 1 aromatic rings. The summed E-state index contributed by atoms with van der Waals surface area (Å²) in [6.07, 6.45) is 1.42. The third-order valence-corrected chi connectivity index (χ3v) is 6.41. The van der Waals surface area contributed by atoms with Crippen LogP contribution in [0.2, 0.25) is 0 Å². The first kappa shape index (κ1) is 15.5. The van der Waals surface area contributed by atoms with Crippen molar-refractivity contribution in [3.8, 4) is 0 Å². The van der Waals surface area contributed by atoms with Crippen molar-refractivity contribution in [3.63, 3.8) is 0 Å². The first-order valence-electron chi connectivity index (χ1n) is 6.65. The minimum absolute atomic E-state index is 0.0959. The van der Waals surface area contributed by atoms with Gasteiger partial charge < -0.3 is 15.8 Å². The van der Waals surface area contributed by atoms with Crippen LogP contribution >= 0.6 is 11.5 Å². The third kappa shape index (κ3) is 3.24. The number of aromatic nitrogens is 1. The van der Waals surface area contributed by atoms with E-state index in [1.54, 1.807) is 0 Å². The Kier molecular flexibility index (Phi) is 4.27. The van der Waals surface area contributed by atoms with E-state index < -0.39 is 9.84 Å². The molecule has 0 spiro atoms. The molecule has 0 amide bonds. The van der Waals surface area contributed by atoms with Gasteiger partial charge in [0.25, 0.3) is 0 Å². The summed E-state index contributed by atoms with van der Waals surface area (Å²) in [4.78, 5) is 0.164. The van der Waals surface area contributed by atoms with Gasteiger partial charge in [0.1, 0.15) is 9.90 Å². The molecule has 0 aliphatic heterocycles. The molecule has 2 rings (SSSR count). The molecule has 0 saturated heterocycles. The molecule has 1 heterocycles. The molecule has 0 bridgehead atoms. The first-order chi connectivity index (χ1) is 9.28. The second-order valence-corrected chi connectivity index (χ2v) is 8.46. The number of nitrogens with one attached hydrogen (secondary N) is 1. The fourth-order valence-corrected chi connectivity index (χ4v) is 4.84. The Morgan fingerprint density at radius 3 is 2.70 bits per heavy atom. The van der Waals surface area contributed by atoms with Gasteiger partial charge in [0.2, 0.25) is 0 Å². The lowest BCUT2D eigenvalue weighted by atomic mass is 10.1. The van der Waals surface area contributed by atoms with Gasteiger partial charge in [-0.15, -0.1) is 0 Å². The lowest BCUT2D eigenvalue weighted by Crippen LogP contribution is -2.33. The molecular weight excluding hydrogens is 298 g/mol. The van der Waals surface area contributed by atoms with E-state index in [1.807, 2.05) is 20.8 Å². The van der Waals surface area contributed by atoms with Crippen molar-refractivity contribution in [2.24, 2.45) is 0 Å². The van der Waals surface area contributed by atoms with Crippen molar-refractivity contribution < 1.29 is 13.2 Å². The van der Waals surface area contributed by atoms with Crippen molar-refractivity contribution in [3.05, 3.63) is 0 Å². The molecular formula is C12H21N3O3S2. The Morgan fingerprint density at radius 1 is 1.50 bits per heavy atom. The monoisotopic (exact) mass is 319 g/mol. The Bertz CT molecular complexity index is 577. The van der Waals surface area contributed by atoms with Gasteiger partial charge in [0.05, 0.1) is 10.9 Å². The predicted molar refractivity (Wildman–Crippen MR) is 80.9 cm³/mol. The summed E-state index contributed by atoms with van der Waals surface area (Å²) in [5.74, 6) is 0.0959. The largest absolute Gasteiger partial charge is 0.382 e. The van der Waals surface area contributed by atoms with Crippen LogP contribution in [0, 0.1) is 0 Å². The zero-order valence-corrected chi connectivity index (χ0v) is 13.6. The Hall–Kier alpha value is -0.860. The molecule has 114 valence electrons. The molecule has 1 aromatic heterocycles. The van der Waals surface area contributed by atoms with E-state index in [1.165, 1.54) is 0 Å². The van der Waals surface area contributed by atoms with Crippen LogP contribution in [0.25, 0.3) is 0 Å². The topological polar surface area (TPSA) is 94.3 Å². The van der Waals surface area contributed by atoms with E-state index in [-0.39, 0.29) is 21.6 Å². The lowest BCUT2D eigenvalue weighted by molar-refractivity contribution is 0.000712. The normalized spacial score (nSPS) is 16.4. The molecule has 0 unspecified atom stereocenters. The van der Waals surface area contributed by atoms with Crippen LogP contribution in [0.3, 0.4) is 0 Å². The summed E-state index contributed by atoms with van der Waals surface area (Å²) >= 11 is 1.09. The quantitative estimate of drug-likeness (QED) is 0.797. The van der Waals surface area contributed by atoms with Crippen molar-refractivity contribution in [1.82, 2.24) is 4.37 Å². The van der Waals surface area contributed by atoms with Gasteiger partial charge in [-0.2, -0.15) is 4.37 Å². The molecule has 3 N–H and O–H groups in total. The highest BCUT2D eigenvalue weighted by Gasteiger charge is 2.40. The molecule has 6 nitrogen and oxygen atoms in total. The van der Waals surface area contributed by atoms with Gasteiger partial charge in [-0.25, -0.2) is 8.42 Å². The molecule has 0 atom stereocenters. The van der Waals surface area contributed by atoms with E-state index in [9.17, 15) is 8.42 Å². The number of nitrogens with zero attached hydrogens (tertiary/aromatic N) is 1. The Balaban J connectivity index is 2.18. The zero-order valence-electron chi connectivity index (χ0n) is 12.0. The summed E-state index contributed by atoms with van der Waals surface area (Å²) in [5, 5.41) is 3.35. The fraction of sp³-hybridized carbons (Fsp3) is 0.750. The van der Waals surface area contributed by atoms with Crippen LogP contribution in [0.5, 0.6) is 0 Å². The lowest BCUT2D eigenvalue weighted by Gasteiger charge is -2.25.